The molecule has 0 saturated heterocycles. The van der Waals surface area contributed by atoms with Crippen molar-refractivity contribution in [3.05, 3.63) is 47.6 Å². The molecule has 0 aliphatic carbocycles. The molecule has 0 spiro atoms. The van der Waals surface area contributed by atoms with Gasteiger partial charge in [0.15, 0.2) is 0 Å². The van der Waals surface area contributed by atoms with Gasteiger partial charge < -0.3 is 9.67 Å². The highest BCUT2D eigenvalue weighted by Gasteiger charge is 2.00. The van der Waals surface area contributed by atoms with E-state index in [0.29, 0.717) is 0 Å². The molecule has 78 valence electrons. The zero-order valence-corrected chi connectivity index (χ0v) is 8.98. The summed E-state index contributed by atoms with van der Waals surface area (Å²) in [6.45, 7) is 0.855. The van der Waals surface area contributed by atoms with Gasteiger partial charge >= 0.3 is 0 Å². The first-order valence-electron chi connectivity index (χ1n) is 4.79. The van der Waals surface area contributed by atoms with Crippen LogP contribution in [0.2, 0.25) is 0 Å². The third kappa shape index (κ3) is 2.06. The number of hydrogen-bond donors (Lipinski definition) is 1. The van der Waals surface area contributed by atoms with Gasteiger partial charge in [0.05, 0.1) is 6.61 Å². The molecule has 15 heavy (non-hydrogen) atoms. The molecule has 1 aromatic carbocycles. The third-order valence-corrected chi connectivity index (χ3v) is 2.59. The number of benzene rings is 1. The molecular formula is C12H12ClNO. The fourth-order valence-electron chi connectivity index (χ4n) is 1.66. The maximum absolute atomic E-state index is 9.01. The average molecular weight is 222 g/mol. The largest absolute Gasteiger partial charge is 0.392 e. The first kappa shape index (κ1) is 10.3. The molecule has 3 heteroatoms. The summed E-state index contributed by atoms with van der Waals surface area (Å²) < 4.78 is 2.11. The van der Waals surface area contributed by atoms with E-state index in [2.05, 4.69) is 4.57 Å². The number of aliphatic hydroxyl groups excluding tert-OH is 1. The van der Waals surface area contributed by atoms with Gasteiger partial charge in [-0.2, -0.15) is 0 Å². The molecule has 0 fully saturated rings. The quantitative estimate of drug-likeness (QED) is 0.847. The Labute approximate surface area is 93.4 Å². The molecule has 2 nitrogen and oxygen atoms in total. The van der Waals surface area contributed by atoms with Crippen LogP contribution < -0.4 is 0 Å². The van der Waals surface area contributed by atoms with E-state index in [1.807, 2.05) is 36.5 Å². The van der Waals surface area contributed by atoms with Crippen molar-refractivity contribution in [2.75, 3.05) is 0 Å². The molecule has 0 radical (unpaired) electrons. The minimum atomic E-state index is 0.0860. The van der Waals surface area contributed by atoms with E-state index >= 15 is 0 Å². The Bertz CT molecular complexity index is 487. The third-order valence-electron chi connectivity index (χ3n) is 2.41. The predicted molar refractivity (Wildman–Crippen MR) is 62.9 cm³/mol. The molecule has 0 aliphatic rings. The van der Waals surface area contributed by atoms with E-state index in [0.717, 1.165) is 23.0 Å². The monoisotopic (exact) mass is 221 g/mol. The molecule has 0 atom stereocenters. The molecular weight excluding hydrogens is 210 g/mol. The van der Waals surface area contributed by atoms with Gasteiger partial charge in [0.25, 0.3) is 0 Å². The zero-order chi connectivity index (χ0) is 10.7. The van der Waals surface area contributed by atoms with Gasteiger partial charge in [-0.1, -0.05) is 23.7 Å². The van der Waals surface area contributed by atoms with Crippen LogP contribution in [0.1, 0.15) is 5.56 Å². The lowest BCUT2D eigenvalue weighted by Crippen LogP contribution is -1.92. The lowest BCUT2D eigenvalue weighted by molar-refractivity contribution is 0.282. The van der Waals surface area contributed by atoms with Crippen molar-refractivity contribution in [1.29, 1.82) is 0 Å². The summed E-state index contributed by atoms with van der Waals surface area (Å²) in [5.74, 6) is 0. The lowest BCUT2D eigenvalue weighted by atomic mass is 10.2. The molecule has 0 amide bonds. The Kier molecular flexibility index (Phi) is 3.09. The molecule has 0 bridgehead atoms. The highest BCUT2D eigenvalue weighted by Crippen LogP contribution is 2.17. The summed E-state index contributed by atoms with van der Waals surface area (Å²) in [4.78, 5) is 0. The fourth-order valence-corrected chi connectivity index (χ4v) is 1.74. The Balaban J connectivity index is 2.42. The molecule has 2 aromatic rings. The van der Waals surface area contributed by atoms with E-state index < -0.39 is 0 Å². The van der Waals surface area contributed by atoms with Crippen molar-refractivity contribution in [2.24, 2.45) is 0 Å². The van der Waals surface area contributed by atoms with E-state index in [9.17, 15) is 0 Å². The fraction of sp³-hybridized carbons (Fsp3) is 0.167. The van der Waals surface area contributed by atoms with Gasteiger partial charge in [-0.05, 0) is 29.1 Å². The highest BCUT2D eigenvalue weighted by atomic mass is 35.5. The second-order valence-corrected chi connectivity index (χ2v) is 3.63. The summed E-state index contributed by atoms with van der Waals surface area (Å²) in [6.07, 6.45) is 3.91. The van der Waals surface area contributed by atoms with Crippen LogP contribution in [0.4, 0.5) is 0 Å². The van der Waals surface area contributed by atoms with Crippen LogP contribution in [0.3, 0.4) is 0 Å². The van der Waals surface area contributed by atoms with Crippen LogP contribution in [0, 0.1) is 0 Å². The van der Waals surface area contributed by atoms with Gasteiger partial charge in [0, 0.05) is 23.8 Å². The first-order chi connectivity index (χ1) is 7.35. The van der Waals surface area contributed by atoms with E-state index in [1.54, 1.807) is 0 Å². The summed E-state index contributed by atoms with van der Waals surface area (Å²) in [7, 11) is 0. The summed E-state index contributed by atoms with van der Waals surface area (Å²) in [5, 5.41) is 10.2. The van der Waals surface area contributed by atoms with Gasteiger partial charge in [0.2, 0.25) is 0 Å². The average Bonchev–Trinajstić information content (AvgIpc) is 2.68. The van der Waals surface area contributed by atoms with E-state index in [1.165, 1.54) is 5.54 Å². The molecule has 1 aromatic heterocycles. The van der Waals surface area contributed by atoms with Crippen molar-refractivity contribution in [3.8, 4) is 0 Å². The number of aliphatic hydroxyl groups is 1. The molecule has 0 unspecified atom stereocenters. The van der Waals surface area contributed by atoms with Crippen molar-refractivity contribution in [1.82, 2.24) is 4.57 Å². The zero-order valence-electron chi connectivity index (χ0n) is 8.23. The second-order valence-electron chi connectivity index (χ2n) is 3.38. The normalized spacial score (nSPS) is 11.6. The Morgan fingerprint density at radius 1 is 1.33 bits per heavy atom. The molecule has 2 rings (SSSR count). The van der Waals surface area contributed by atoms with Crippen LogP contribution in [0.5, 0.6) is 0 Å². The topological polar surface area (TPSA) is 25.2 Å². The van der Waals surface area contributed by atoms with E-state index in [4.69, 9.17) is 16.7 Å². The minimum absolute atomic E-state index is 0.0860. The van der Waals surface area contributed by atoms with Crippen LogP contribution in [-0.2, 0) is 13.2 Å². The number of allylic oxidation sites excluding steroid dienone is 1. The maximum Gasteiger partial charge on any atom is 0.0682 e. The van der Waals surface area contributed by atoms with Gasteiger partial charge in [-0.25, -0.2) is 0 Å². The maximum atomic E-state index is 9.01. The number of fused-ring (bicyclic) bond motifs is 1. The molecule has 0 aliphatic heterocycles. The van der Waals surface area contributed by atoms with Crippen molar-refractivity contribution >= 4 is 22.5 Å². The standard InChI is InChI=1S/C12H12ClNO/c13-5-1-6-14-7-4-11-8-10(9-15)2-3-12(11)14/h1-5,7-8,15H,6,9H2/b5-1+. The van der Waals surface area contributed by atoms with Gasteiger partial charge in [-0.15, -0.1) is 0 Å². The highest BCUT2D eigenvalue weighted by molar-refractivity contribution is 6.25. The number of halogens is 1. The van der Waals surface area contributed by atoms with Crippen LogP contribution in [0.15, 0.2) is 42.1 Å². The Morgan fingerprint density at radius 3 is 2.93 bits per heavy atom. The summed E-state index contributed by atoms with van der Waals surface area (Å²) >= 11 is 5.49. The Hall–Kier alpha value is -1.25. The molecule has 1 N–H and O–H groups in total. The molecule has 0 saturated carbocycles. The van der Waals surface area contributed by atoms with E-state index in [-0.39, 0.29) is 6.61 Å². The van der Waals surface area contributed by atoms with Gasteiger partial charge in [0.1, 0.15) is 0 Å². The number of hydrogen-bond acceptors (Lipinski definition) is 1. The first-order valence-corrected chi connectivity index (χ1v) is 5.22. The van der Waals surface area contributed by atoms with Gasteiger partial charge in [-0.3, -0.25) is 0 Å². The van der Waals surface area contributed by atoms with Crippen molar-refractivity contribution < 1.29 is 5.11 Å². The van der Waals surface area contributed by atoms with Crippen molar-refractivity contribution in [2.45, 2.75) is 13.2 Å². The lowest BCUT2D eigenvalue weighted by Gasteiger charge is -2.01. The SMILES string of the molecule is OCc1ccc2c(ccn2C/C=C/Cl)c1. The smallest absolute Gasteiger partial charge is 0.0682 e. The number of nitrogens with zero attached hydrogens (tertiary/aromatic N) is 1. The summed E-state index contributed by atoms with van der Waals surface area (Å²) in [5.41, 5.74) is 3.61. The van der Waals surface area contributed by atoms with Crippen molar-refractivity contribution in [3.63, 3.8) is 0 Å². The van der Waals surface area contributed by atoms with Crippen LogP contribution in [-0.4, -0.2) is 9.67 Å². The minimum Gasteiger partial charge on any atom is -0.392 e. The Morgan fingerprint density at radius 2 is 2.20 bits per heavy atom. The number of aromatic nitrogens is 1. The predicted octanol–water partition coefficient (Wildman–Crippen LogP) is 2.89. The second kappa shape index (κ2) is 4.51. The molecule has 1 heterocycles. The van der Waals surface area contributed by atoms with Crippen LogP contribution >= 0.6 is 11.6 Å². The summed E-state index contributed by atoms with van der Waals surface area (Å²) in [6, 6.07) is 7.99. The van der Waals surface area contributed by atoms with Crippen LogP contribution in [0.25, 0.3) is 10.9 Å². The number of rotatable bonds is 3.